The number of halogens is 1. The van der Waals surface area contributed by atoms with Crippen molar-refractivity contribution < 1.29 is 9.53 Å². The quantitative estimate of drug-likeness (QED) is 0.613. The largest absolute Gasteiger partial charge is 0.495 e. The number of benzene rings is 2. The van der Waals surface area contributed by atoms with Crippen LogP contribution in [-0.4, -0.2) is 27.8 Å². The van der Waals surface area contributed by atoms with E-state index in [0.717, 1.165) is 16.2 Å². The summed E-state index contributed by atoms with van der Waals surface area (Å²) in [5.74, 6) is 0.431. The minimum Gasteiger partial charge on any atom is -0.495 e. The Morgan fingerprint density at radius 2 is 2.08 bits per heavy atom. The lowest BCUT2D eigenvalue weighted by Crippen LogP contribution is -2.19. The van der Waals surface area contributed by atoms with Crippen LogP contribution in [0.15, 0.2) is 47.6 Å². The molecule has 0 fully saturated rings. The van der Waals surface area contributed by atoms with Crippen molar-refractivity contribution >= 4 is 46.0 Å². The highest BCUT2D eigenvalue weighted by Crippen LogP contribution is 2.28. The second kappa shape index (κ2) is 8.01. The molecule has 0 saturated heterocycles. The summed E-state index contributed by atoms with van der Waals surface area (Å²) in [6.07, 6.45) is 0. The third-order valence-corrected chi connectivity index (χ3v) is 4.99. The Labute approximate surface area is 161 Å². The van der Waals surface area contributed by atoms with Gasteiger partial charge < -0.3 is 14.6 Å². The number of amides is 1. The van der Waals surface area contributed by atoms with E-state index in [9.17, 15) is 4.79 Å². The Hall–Kier alpha value is -2.18. The van der Waals surface area contributed by atoms with Gasteiger partial charge in [0.15, 0.2) is 5.16 Å². The lowest BCUT2D eigenvalue weighted by atomic mass is 10.3. The molecule has 1 aromatic heterocycles. The number of para-hydroxylation sites is 2. The van der Waals surface area contributed by atoms with E-state index >= 15 is 0 Å². The number of anilines is 1. The molecule has 136 valence electrons. The Morgan fingerprint density at radius 3 is 2.77 bits per heavy atom. The van der Waals surface area contributed by atoms with Gasteiger partial charge in [0.05, 0.1) is 23.2 Å². The monoisotopic (exact) mass is 389 g/mol. The van der Waals surface area contributed by atoms with Crippen LogP contribution in [0.3, 0.4) is 0 Å². The van der Waals surface area contributed by atoms with Gasteiger partial charge in [-0.3, -0.25) is 4.79 Å². The molecule has 26 heavy (non-hydrogen) atoms. The van der Waals surface area contributed by atoms with Crippen LogP contribution in [0.25, 0.3) is 11.0 Å². The van der Waals surface area contributed by atoms with Crippen LogP contribution in [0.1, 0.15) is 13.8 Å². The zero-order valence-corrected chi connectivity index (χ0v) is 16.4. The second-order valence-corrected chi connectivity index (χ2v) is 7.98. The van der Waals surface area contributed by atoms with Crippen molar-refractivity contribution in [1.82, 2.24) is 9.55 Å². The van der Waals surface area contributed by atoms with Crippen molar-refractivity contribution in [2.45, 2.75) is 30.8 Å². The normalized spacial score (nSPS) is 11.1. The van der Waals surface area contributed by atoms with E-state index in [1.807, 2.05) is 28.8 Å². The molecule has 3 aromatic rings. The van der Waals surface area contributed by atoms with E-state index in [2.05, 4.69) is 24.1 Å². The van der Waals surface area contributed by atoms with Crippen LogP contribution >= 0.6 is 23.4 Å². The van der Waals surface area contributed by atoms with Crippen LogP contribution in [0.4, 0.5) is 5.69 Å². The van der Waals surface area contributed by atoms with Crippen LogP contribution in [0.5, 0.6) is 5.75 Å². The number of thioether (sulfide) groups is 1. The molecule has 0 atom stereocenters. The van der Waals surface area contributed by atoms with E-state index in [0.29, 0.717) is 21.7 Å². The fourth-order valence-electron chi connectivity index (χ4n) is 2.60. The smallest absolute Gasteiger partial charge is 0.244 e. The third-order valence-electron chi connectivity index (χ3n) is 3.70. The topological polar surface area (TPSA) is 56.1 Å². The molecular weight excluding hydrogens is 370 g/mol. The number of nitrogens with one attached hydrogen (secondary N) is 1. The highest BCUT2D eigenvalue weighted by atomic mass is 35.5. The molecule has 1 heterocycles. The first kappa shape index (κ1) is 18.6. The highest BCUT2D eigenvalue weighted by molar-refractivity contribution is 7.99. The van der Waals surface area contributed by atoms with Gasteiger partial charge in [0.2, 0.25) is 5.91 Å². The van der Waals surface area contributed by atoms with Crippen molar-refractivity contribution in [2.75, 3.05) is 12.4 Å². The predicted molar refractivity (Wildman–Crippen MR) is 107 cm³/mol. The molecule has 0 aliphatic heterocycles. The molecule has 0 aliphatic carbocycles. The summed E-state index contributed by atoms with van der Waals surface area (Å²) in [6, 6.07) is 13.0. The summed E-state index contributed by atoms with van der Waals surface area (Å²) < 4.78 is 7.08. The van der Waals surface area contributed by atoms with Crippen molar-refractivity contribution in [3.05, 3.63) is 47.5 Å². The van der Waals surface area contributed by atoms with Gasteiger partial charge in [0, 0.05) is 10.9 Å². The molecule has 1 amide bonds. The highest BCUT2D eigenvalue weighted by Gasteiger charge is 2.15. The summed E-state index contributed by atoms with van der Waals surface area (Å²) in [6.45, 7) is 4.39. The van der Waals surface area contributed by atoms with Crippen molar-refractivity contribution in [2.24, 2.45) is 0 Å². The number of carbonyl (C=O) groups is 1. The van der Waals surface area contributed by atoms with Gasteiger partial charge in [-0.25, -0.2) is 4.98 Å². The number of hydrogen-bond donors (Lipinski definition) is 1. The van der Waals surface area contributed by atoms with Crippen LogP contribution in [-0.2, 0) is 11.3 Å². The molecule has 1 N–H and O–H groups in total. The maximum Gasteiger partial charge on any atom is 0.244 e. The summed E-state index contributed by atoms with van der Waals surface area (Å²) in [5, 5.41) is 4.54. The van der Waals surface area contributed by atoms with Crippen LogP contribution < -0.4 is 10.1 Å². The minimum absolute atomic E-state index is 0.139. The SMILES string of the molecule is COc1ccc(NC(=O)Cn2c(SC(C)C)nc3ccccc32)cc1Cl. The Kier molecular flexibility index (Phi) is 5.74. The number of hydrogen-bond acceptors (Lipinski definition) is 4. The van der Waals surface area contributed by atoms with Crippen LogP contribution in [0.2, 0.25) is 5.02 Å². The van der Waals surface area contributed by atoms with E-state index in [4.69, 9.17) is 16.3 Å². The maximum atomic E-state index is 12.6. The number of rotatable bonds is 6. The summed E-state index contributed by atoms with van der Waals surface area (Å²) in [7, 11) is 1.55. The lowest BCUT2D eigenvalue weighted by molar-refractivity contribution is -0.116. The van der Waals surface area contributed by atoms with Crippen molar-refractivity contribution in [1.29, 1.82) is 0 Å². The molecule has 0 spiro atoms. The third kappa shape index (κ3) is 4.14. The van der Waals surface area contributed by atoms with Gasteiger partial charge in [-0.2, -0.15) is 0 Å². The fraction of sp³-hybridized carbons (Fsp3) is 0.263. The van der Waals surface area contributed by atoms with E-state index in [1.165, 1.54) is 0 Å². The first-order valence-electron chi connectivity index (χ1n) is 8.23. The van der Waals surface area contributed by atoms with Gasteiger partial charge in [-0.15, -0.1) is 0 Å². The number of imidazole rings is 1. The predicted octanol–water partition coefficient (Wildman–Crippen LogP) is 4.84. The average molecular weight is 390 g/mol. The summed E-state index contributed by atoms with van der Waals surface area (Å²) >= 11 is 7.76. The molecular formula is C19H20ClN3O2S. The van der Waals surface area contributed by atoms with Crippen LogP contribution in [0, 0.1) is 0 Å². The van der Waals surface area contributed by atoms with Gasteiger partial charge >= 0.3 is 0 Å². The molecule has 0 radical (unpaired) electrons. The minimum atomic E-state index is -0.139. The Balaban J connectivity index is 1.83. The number of carbonyl (C=O) groups excluding carboxylic acids is 1. The number of nitrogens with zero attached hydrogens (tertiary/aromatic N) is 2. The molecule has 5 nitrogen and oxygen atoms in total. The van der Waals surface area contributed by atoms with Gasteiger partial charge in [0.25, 0.3) is 0 Å². The summed E-state index contributed by atoms with van der Waals surface area (Å²) in [4.78, 5) is 17.2. The van der Waals surface area contributed by atoms with Gasteiger partial charge in [0.1, 0.15) is 12.3 Å². The first-order chi connectivity index (χ1) is 12.5. The van der Waals surface area contributed by atoms with Crippen molar-refractivity contribution in [3.63, 3.8) is 0 Å². The average Bonchev–Trinajstić information content (AvgIpc) is 2.92. The zero-order chi connectivity index (χ0) is 18.7. The van der Waals surface area contributed by atoms with E-state index in [-0.39, 0.29) is 12.5 Å². The molecule has 2 aromatic carbocycles. The van der Waals surface area contributed by atoms with E-state index < -0.39 is 0 Å². The zero-order valence-electron chi connectivity index (χ0n) is 14.8. The second-order valence-electron chi connectivity index (χ2n) is 6.03. The Bertz CT molecular complexity index is 940. The maximum absolute atomic E-state index is 12.6. The first-order valence-corrected chi connectivity index (χ1v) is 9.49. The van der Waals surface area contributed by atoms with Crippen molar-refractivity contribution in [3.8, 4) is 5.75 Å². The fourth-order valence-corrected chi connectivity index (χ4v) is 3.72. The Morgan fingerprint density at radius 1 is 1.31 bits per heavy atom. The molecule has 7 heteroatoms. The molecule has 0 saturated carbocycles. The summed E-state index contributed by atoms with van der Waals surface area (Å²) in [5.41, 5.74) is 2.46. The molecule has 0 unspecified atom stereocenters. The standard InChI is InChI=1S/C19H20ClN3O2S/c1-12(2)26-19-22-15-6-4-5-7-16(15)23(19)11-18(24)21-13-8-9-17(25-3)14(20)10-13/h4-10,12H,11H2,1-3H3,(H,21,24). The van der Waals surface area contributed by atoms with E-state index in [1.54, 1.807) is 37.1 Å². The molecule has 3 rings (SSSR count). The van der Waals surface area contributed by atoms with Gasteiger partial charge in [-0.05, 0) is 30.3 Å². The molecule has 0 aliphatic rings. The number of fused-ring (bicyclic) bond motifs is 1. The number of methoxy groups -OCH3 is 1. The lowest BCUT2D eigenvalue weighted by Gasteiger charge is -2.11. The number of aromatic nitrogens is 2. The molecule has 0 bridgehead atoms. The van der Waals surface area contributed by atoms with Gasteiger partial charge in [-0.1, -0.05) is 49.3 Å². The number of ether oxygens (including phenoxy) is 1.